The second-order valence-corrected chi connectivity index (χ2v) is 11.7. The van der Waals surface area contributed by atoms with Gasteiger partial charge in [0.1, 0.15) is 23.1 Å². The molecule has 12 nitrogen and oxygen atoms in total. The molecule has 4 atom stereocenters. The van der Waals surface area contributed by atoms with Gasteiger partial charge in [-0.15, -0.1) is 11.8 Å². The summed E-state index contributed by atoms with van der Waals surface area (Å²) in [6.45, 7) is 4.87. The van der Waals surface area contributed by atoms with Crippen molar-refractivity contribution in [2.45, 2.75) is 50.9 Å². The van der Waals surface area contributed by atoms with Crippen LogP contribution in [0.5, 0.6) is 17.2 Å². The van der Waals surface area contributed by atoms with Crippen LogP contribution in [0.1, 0.15) is 27.2 Å². The molecule has 3 aliphatic rings. The first-order valence-electron chi connectivity index (χ1n) is 12.0. The van der Waals surface area contributed by atoms with Crippen LogP contribution in [0.15, 0.2) is 42.0 Å². The SMILES string of the molecule is CC(C)OC(=O)[C@H](C)N[P@](=O)(OC[C@H]1O[C@@H](C2=CC(=O)NC(=N)C=CC2)CS1)Oc1ccc2c(c1)OCO2. The van der Waals surface area contributed by atoms with E-state index in [0.29, 0.717) is 23.7 Å². The second kappa shape index (κ2) is 12.4. The molecule has 3 heterocycles. The molecule has 38 heavy (non-hydrogen) atoms. The average Bonchev–Trinajstić information content (AvgIpc) is 3.50. The predicted molar refractivity (Wildman–Crippen MR) is 139 cm³/mol. The van der Waals surface area contributed by atoms with Gasteiger partial charge in [0.2, 0.25) is 12.7 Å². The second-order valence-electron chi connectivity index (χ2n) is 8.85. The Kier molecular flexibility index (Phi) is 9.16. The van der Waals surface area contributed by atoms with E-state index in [1.165, 1.54) is 36.9 Å². The van der Waals surface area contributed by atoms with Crippen LogP contribution in [0.3, 0.4) is 0 Å². The number of benzene rings is 1. The number of amidine groups is 1. The Morgan fingerprint density at radius 1 is 1.29 bits per heavy atom. The lowest BCUT2D eigenvalue weighted by Gasteiger charge is -2.24. The smallest absolute Gasteiger partial charge is 0.459 e. The zero-order chi connectivity index (χ0) is 27.3. The van der Waals surface area contributed by atoms with Gasteiger partial charge < -0.3 is 28.8 Å². The van der Waals surface area contributed by atoms with Crippen LogP contribution in [0.4, 0.5) is 0 Å². The summed E-state index contributed by atoms with van der Waals surface area (Å²) in [5, 5.41) is 12.7. The van der Waals surface area contributed by atoms with E-state index in [9.17, 15) is 14.2 Å². The molecule has 3 aliphatic heterocycles. The van der Waals surface area contributed by atoms with Gasteiger partial charge in [0, 0.05) is 17.9 Å². The van der Waals surface area contributed by atoms with Gasteiger partial charge in [-0.2, -0.15) is 5.09 Å². The van der Waals surface area contributed by atoms with Gasteiger partial charge in [-0.3, -0.25) is 19.5 Å². The molecule has 0 unspecified atom stereocenters. The van der Waals surface area contributed by atoms with Crippen molar-refractivity contribution in [2.24, 2.45) is 0 Å². The van der Waals surface area contributed by atoms with Crippen LogP contribution in [-0.2, 0) is 28.2 Å². The first-order chi connectivity index (χ1) is 18.1. The van der Waals surface area contributed by atoms with Crippen molar-refractivity contribution in [3.05, 3.63) is 42.0 Å². The Hall–Kier alpha value is -2.83. The highest BCUT2D eigenvalue weighted by Crippen LogP contribution is 2.48. The monoisotopic (exact) mass is 567 g/mol. The number of amides is 1. The molecule has 1 saturated heterocycles. The van der Waals surface area contributed by atoms with E-state index >= 15 is 0 Å². The lowest BCUT2D eigenvalue weighted by molar-refractivity contribution is -0.149. The third-order valence-corrected chi connectivity index (χ3v) is 8.14. The number of esters is 1. The normalized spacial score (nSPS) is 23.2. The summed E-state index contributed by atoms with van der Waals surface area (Å²) in [6, 6.07) is 3.70. The maximum Gasteiger partial charge on any atom is 0.459 e. The van der Waals surface area contributed by atoms with Crippen molar-refractivity contribution < 1.29 is 42.1 Å². The largest absolute Gasteiger partial charge is 0.462 e. The molecule has 1 aromatic carbocycles. The quantitative estimate of drug-likeness (QED) is 0.282. The zero-order valence-electron chi connectivity index (χ0n) is 21.1. The van der Waals surface area contributed by atoms with Crippen molar-refractivity contribution in [3.8, 4) is 17.2 Å². The third kappa shape index (κ3) is 7.61. The fourth-order valence-corrected chi connectivity index (χ4v) is 6.30. The van der Waals surface area contributed by atoms with Crippen molar-refractivity contribution in [2.75, 3.05) is 19.2 Å². The van der Waals surface area contributed by atoms with Crippen LogP contribution in [0, 0.1) is 5.41 Å². The van der Waals surface area contributed by atoms with Crippen molar-refractivity contribution >= 4 is 37.2 Å². The molecule has 0 radical (unpaired) electrons. The lowest BCUT2D eigenvalue weighted by atomic mass is 10.1. The summed E-state index contributed by atoms with van der Waals surface area (Å²) in [4.78, 5) is 24.4. The molecule has 1 aromatic rings. The van der Waals surface area contributed by atoms with E-state index in [4.69, 9.17) is 33.4 Å². The lowest BCUT2D eigenvalue weighted by Crippen LogP contribution is -2.36. The van der Waals surface area contributed by atoms with Crippen molar-refractivity contribution in [1.29, 1.82) is 5.41 Å². The van der Waals surface area contributed by atoms with Crippen LogP contribution >= 0.6 is 19.5 Å². The Bertz CT molecular complexity index is 1190. The van der Waals surface area contributed by atoms with Gasteiger partial charge in [-0.25, -0.2) is 4.57 Å². The molecule has 4 rings (SSSR count). The molecular weight excluding hydrogens is 537 g/mol. The molecule has 1 fully saturated rings. The van der Waals surface area contributed by atoms with Crippen molar-refractivity contribution in [3.63, 3.8) is 0 Å². The Labute approximate surface area is 224 Å². The standard InChI is InChI=1S/C24H30N3O9PS/c1-14(2)34-24(29)15(3)27-37(30,36-17-7-8-18-19(10-17)32-13-31-18)33-11-23-35-20(12-38-23)16-5-4-6-21(25)26-22(28)9-16/h4,6-10,14-15,20,23H,5,11-13H2,1-3H3,(H,27,30)(H2,25,26,28)/t15-,20+,23-,37-/m0/s1. The average molecular weight is 568 g/mol. The third-order valence-electron chi connectivity index (χ3n) is 5.38. The summed E-state index contributed by atoms with van der Waals surface area (Å²) in [7, 11) is -4.11. The number of carbonyl (C=O) groups excluding carboxylic acids is 2. The minimum atomic E-state index is -4.11. The fourth-order valence-electron chi connectivity index (χ4n) is 3.66. The maximum absolute atomic E-state index is 13.8. The summed E-state index contributed by atoms with van der Waals surface area (Å²) < 4.78 is 47.2. The minimum Gasteiger partial charge on any atom is -0.462 e. The first kappa shape index (κ1) is 28.2. The van der Waals surface area contributed by atoms with Gasteiger partial charge in [0.25, 0.3) is 0 Å². The molecule has 1 amide bonds. The maximum atomic E-state index is 13.8. The van der Waals surface area contributed by atoms with Crippen molar-refractivity contribution in [1.82, 2.24) is 10.4 Å². The Morgan fingerprint density at radius 3 is 2.87 bits per heavy atom. The number of ether oxygens (including phenoxy) is 4. The molecule has 0 saturated carbocycles. The number of fused-ring (bicyclic) bond motifs is 1. The van der Waals surface area contributed by atoms with Gasteiger partial charge in [-0.1, -0.05) is 6.08 Å². The van der Waals surface area contributed by atoms with Crippen LogP contribution in [0.2, 0.25) is 0 Å². The fraction of sp³-hybridized carbons (Fsp3) is 0.458. The molecule has 0 aromatic heterocycles. The highest BCUT2D eigenvalue weighted by atomic mass is 32.2. The number of hydrogen-bond acceptors (Lipinski definition) is 11. The topological polar surface area (TPSA) is 154 Å². The van der Waals surface area contributed by atoms with Crippen LogP contribution in [-0.4, -0.2) is 60.6 Å². The molecule has 0 bridgehead atoms. The van der Waals surface area contributed by atoms with E-state index < -0.39 is 31.1 Å². The summed E-state index contributed by atoms with van der Waals surface area (Å²) in [5.74, 6) is 0.721. The Morgan fingerprint density at radius 2 is 2.08 bits per heavy atom. The van der Waals surface area contributed by atoms with Gasteiger partial charge in [0.05, 0.1) is 18.8 Å². The summed E-state index contributed by atoms with van der Waals surface area (Å²) in [6.07, 6.45) is 4.47. The number of carbonyl (C=O) groups is 2. The van der Waals surface area contributed by atoms with Gasteiger partial charge in [-0.05, 0) is 51.0 Å². The number of rotatable bonds is 10. The predicted octanol–water partition coefficient (Wildman–Crippen LogP) is 3.29. The van der Waals surface area contributed by atoms with E-state index in [2.05, 4.69) is 10.4 Å². The highest BCUT2D eigenvalue weighted by molar-refractivity contribution is 8.00. The number of hydrogen-bond donors (Lipinski definition) is 3. The molecule has 0 spiro atoms. The number of thioether (sulfide) groups is 1. The number of allylic oxidation sites excluding steroid dienone is 1. The molecule has 206 valence electrons. The first-order valence-corrected chi connectivity index (χ1v) is 14.5. The number of nitrogens with one attached hydrogen (secondary N) is 3. The molecule has 0 aliphatic carbocycles. The van der Waals surface area contributed by atoms with E-state index in [-0.39, 0.29) is 37.2 Å². The summed E-state index contributed by atoms with van der Waals surface area (Å²) >= 11 is 1.44. The van der Waals surface area contributed by atoms with Crippen LogP contribution in [0.25, 0.3) is 0 Å². The molecule has 14 heteroatoms. The zero-order valence-corrected chi connectivity index (χ0v) is 22.8. The minimum absolute atomic E-state index is 0.0236. The molecule has 3 N–H and O–H groups in total. The Balaban J connectivity index is 1.42. The summed E-state index contributed by atoms with van der Waals surface area (Å²) in [5.41, 5.74) is 0.245. The van der Waals surface area contributed by atoms with Crippen LogP contribution < -0.4 is 24.4 Å². The van der Waals surface area contributed by atoms with E-state index in [1.807, 2.05) is 0 Å². The highest BCUT2D eigenvalue weighted by Gasteiger charge is 2.36. The van der Waals surface area contributed by atoms with E-state index in [1.54, 1.807) is 32.1 Å². The molecular formula is C24H30N3O9PS. The van der Waals surface area contributed by atoms with Gasteiger partial charge in [0.15, 0.2) is 11.5 Å². The van der Waals surface area contributed by atoms with E-state index in [0.717, 1.165) is 5.57 Å². The van der Waals surface area contributed by atoms with Gasteiger partial charge >= 0.3 is 13.7 Å².